The smallest absolute Gasteiger partial charge is 0.416 e. The quantitative estimate of drug-likeness (QED) is 0.416. The summed E-state index contributed by atoms with van der Waals surface area (Å²) in [5, 5.41) is 6.09. The molecule has 1 heterocycles. The SMILES string of the molecule is C=C(NCCOC)c1cc(Cl)cc(C(=O)Nc2nc3ccc(C(F)(F)F)cc3s2)c1OC. The molecule has 2 aromatic carbocycles. The molecule has 0 spiro atoms. The van der Waals surface area contributed by atoms with Crippen LogP contribution in [0, 0.1) is 0 Å². The molecule has 6 nitrogen and oxygen atoms in total. The molecule has 0 aliphatic rings. The molecule has 0 bridgehead atoms. The molecule has 11 heteroatoms. The fourth-order valence-electron chi connectivity index (χ4n) is 2.92. The van der Waals surface area contributed by atoms with Crippen molar-refractivity contribution in [3.05, 3.63) is 58.6 Å². The van der Waals surface area contributed by atoms with E-state index in [-0.39, 0.29) is 21.5 Å². The van der Waals surface area contributed by atoms with Crippen molar-refractivity contribution in [3.8, 4) is 5.75 Å². The van der Waals surface area contributed by atoms with Crippen molar-refractivity contribution in [1.29, 1.82) is 0 Å². The van der Waals surface area contributed by atoms with E-state index in [1.807, 2.05) is 0 Å². The van der Waals surface area contributed by atoms with E-state index in [0.29, 0.717) is 34.6 Å². The monoisotopic (exact) mass is 485 g/mol. The highest BCUT2D eigenvalue weighted by Crippen LogP contribution is 2.36. The zero-order valence-corrected chi connectivity index (χ0v) is 18.7. The fraction of sp³-hybridized carbons (Fsp3) is 0.238. The maximum Gasteiger partial charge on any atom is 0.416 e. The van der Waals surface area contributed by atoms with Gasteiger partial charge in [0.15, 0.2) is 5.13 Å². The number of nitrogens with one attached hydrogen (secondary N) is 2. The molecule has 0 atom stereocenters. The van der Waals surface area contributed by atoms with Gasteiger partial charge in [-0.1, -0.05) is 29.5 Å². The largest absolute Gasteiger partial charge is 0.495 e. The number of benzene rings is 2. The van der Waals surface area contributed by atoms with Gasteiger partial charge >= 0.3 is 6.18 Å². The van der Waals surface area contributed by atoms with Gasteiger partial charge in [-0.25, -0.2) is 4.98 Å². The van der Waals surface area contributed by atoms with E-state index in [1.165, 1.54) is 19.2 Å². The molecule has 3 rings (SSSR count). The van der Waals surface area contributed by atoms with Crippen LogP contribution in [0.15, 0.2) is 36.9 Å². The third-order valence-electron chi connectivity index (χ3n) is 4.41. The minimum Gasteiger partial charge on any atom is -0.495 e. The molecule has 0 aliphatic heterocycles. The van der Waals surface area contributed by atoms with E-state index >= 15 is 0 Å². The first-order chi connectivity index (χ1) is 15.1. The molecule has 0 aliphatic carbocycles. The number of hydrogen-bond donors (Lipinski definition) is 2. The molecule has 2 N–H and O–H groups in total. The van der Waals surface area contributed by atoms with Gasteiger partial charge in [0.05, 0.1) is 35.1 Å². The van der Waals surface area contributed by atoms with Crippen LogP contribution in [0.2, 0.25) is 5.02 Å². The van der Waals surface area contributed by atoms with Gasteiger partial charge in [0.1, 0.15) is 5.75 Å². The summed E-state index contributed by atoms with van der Waals surface area (Å²) in [6, 6.07) is 6.24. The van der Waals surface area contributed by atoms with Gasteiger partial charge in [-0.05, 0) is 30.3 Å². The van der Waals surface area contributed by atoms with E-state index in [1.54, 1.807) is 13.2 Å². The number of nitrogens with zero attached hydrogens (tertiary/aromatic N) is 1. The number of aromatic nitrogens is 1. The molecule has 0 fully saturated rings. The standard InChI is InChI=1S/C21H19ClF3N3O3S/c1-11(26-6-7-30-2)14-9-13(22)10-15(18(14)31-3)19(29)28-20-27-16-5-4-12(21(23,24)25)8-17(16)32-20/h4-5,8-10,26H,1,6-7H2,2-3H3,(H,27,28,29). The Labute approximate surface area is 191 Å². The lowest BCUT2D eigenvalue weighted by Crippen LogP contribution is -2.19. The Morgan fingerprint density at radius 3 is 2.59 bits per heavy atom. The molecule has 0 saturated carbocycles. The molecule has 32 heavy (non-hydrogen) atoms. The normalized spacial score (nSPS) is 11.4. The third kappa shape index (κ3) is 5.32. The molecular weight excluding hydrogens is 467 g/mol. The zero-order valence-electron chi connectivity index (χ0n) is 17.1. The lowest BCUT2D eigenvalue weighted by atomic mass is 10.1. The number of anilines is 1. The number of halogens is 4. The summed E-state index contributed by atoms with van der Waals surface area (Å²) >= 11 is 7.14. The van der Waals surface area contributed by atoms with E-state index in [2.05, 4.69) is 22.2 Å². The number of fused-ring (bicyclic) bond motifs is 1. The van der Waals surface area contributed by atoms with Crippen LogP contribution in [0.5, 0.6) is 5.75 Å². The molecule has 1 aromatic heterocycles. The van der Waals surface area contributed by atoms with Crippen LogP contribution in [-0.2, 0) is 10.9 Å². The van der Waals surface area contributed by atoms with Gasteiger partial charge in [0.25, 0.3) is 5.91 Å². The van der Waals surface area contributed by atoms with Crippen LogP contribution < -0.4 is 15.4 Å². The number of carbonyl (C=O) groups excluding carboxylic acids is 1. The van der Waals surface area contributed by atoms with E-state index in [4.69, 9.17) is 21.1 Å². The first kappa shape index (κ1) is 23.8. The maximum atomic E-state index is 13.0. The topological polar surface area (TPSA) is 72.5 Å². The van der Waals surface area contributed by atoms with Crippen molar-refractivity contribution in [2.24, 2.45) is 0 Å². The first-order valence-corrected chi connectivity index (χ1v) is 10.4. The number of alkyl halides is 3. The van der Waals surface area contributed by atoms with E-state index in [0.717, 1.165) is 23.5 Å². The summed E-state index contributed by atoms with van der Waals surface area (Å²) in [5.74, 6) is -0.340. The fourth-order valence-corrected chi connectivity index (χ4v) is 4.04. The van der Waals surface area contributed by atoms with Crippen molar-refractivity contribution in [2.45, 2.75) is 6.18 Å². The Kier molecular flexibility index (Phi) is 7.27. The number of rotatable bonds is 8. The summed E-state index contributed by atoms with van der Waals surface area (Å²) < 4.78 is 49.6. The zero-order chi connectivity index (χ0) is 23.5. The van der Waals surface area contributed by atoms with Crippen molar-refractivity contribution in [1.82, 2.24) is 10.3 Å². The number of hydrogen-bond acceptors (Lipinski definition) is 6. The van der Waals surface area contributed by atoms with Crippen molar-refractivity contribution >= 4 is 49.9 Å². The Balaban J connectivity index is 1.89. The second kappa shape index (κ2) is 9.76. The van der Waals surface area contributed by atoms with E-state index < -0.39 is 17.6 Å². The Hall–Kier alpha value is -2.82. The van der Waals surface area contributed by atoms with Gasteiger partial charge in [0, 0.05) is 29.9 Å². The lowest BCUT2D eigenvalue weighted by molar-refractivity contribution is -0.137. The molecular formula is C21H19ClF3N3O3S. The second-order valence-electron chi connectivity index (χ2n) is 6.59. The van der Waals surface area contributed by atoms with Crippen LogP contribution in [-0.4, -0.2) is 38.3 Å². The summed E-state index contributed by atoms with van der Waals surface area (Å²) in [6.45, 7) is 4.88. The molecule has 0 radical (unpaired) electrons. The number of amides is 1. The molecule has 0 unspecified atom stereocenters. The van der Waals surface area contributed by atoms with Gasteiger partial charge in [-0.2, -0.15) is 13.2 Å². The average Bonchev–Trinajstić information content (AvgIpc) is 3.13. The minimum absolute atomic E-state index is 0.125. The summed E-state index contributed by atoms with van der Waals surface area (Å²) in [4.78, 5) is 17.1. The van der Waals surface area contributed by atoms with Gasteiger partial charge in [-0.15, -0.1) is 0 Å². The lowest BCUT2D eigenvalue weighted by Gasteiger charge is -2.16. The third-order valence-corrected chi connectivity index (χ3v) is 5.56. The predicted molar refractivity (Wildman–Crippen MR) is 119 cm³/mol. The number of thiazole rings is 1. The van der Waals surface area contributed by atoms with Crippen LogP contribution in [0.3, 0.4) is 0 Å². The maximum absolute atomic E-state index is 13.0. The van der Waals surface area contributed by atoms with Gasteiger partial charge < -0.3 is 14.8 Å². The van der Waals surface area contributed by atoms with Gasteiger partial charge in [-0.3, -0.25) is 10.1 Å². The predicted octanol–water partition coefficient (Wildman–Crippen LogP) is 5.44. The molecule has 1 amide bonds. The van der Waals surface area contributed by atoms with E-state index in [9.17, 15) is 18.0 Å². The minimum atomic E-state index is -4.47. The Morgan fingerprint density at radius 1 is 1.22 bits per heavy atom. The number of methoxy groups -OCH3 is 2. The van der Waals surface area contributed by atoms with Crippen molar-refractivity contribution in [3.63, 3.8) is 0 Å². The second-order valence-corrected chi connectivity index (χ2v) is 8.05. The molecule has 0 saturated heterocycles. The number of ether oxygens (including phenoxy) is 2. The molecule has 170 valence electrons. The van der Waals surface area contributed by atoms with Crippen LogP contribution >= 0.6 is 22.9 Å². The highest BCUT2D eigenvalue weighted by Gasteiger charge is 2.31. The van der Waals surface area contributed by atoms with Crippen molar-refractivity contribution in [2.75, 3.05) is 32.7 Å². The highest BCUT2D eigenvalue weighted by molar-refractivity contribution is 7.22. The van der Waals surface area contributed by atoms with Crippen LogP contribution in [0.25, 0.3) is 15.9 Å². The average molecular weight is 486 g/mol. The summed E-state index contributed by atoms with van der Waals surface area (Å²) in [6.07, 6.45) is -4.47. The Bertz CT molecular complexity index is 1160. The first-order valence-electron chi connectivity index (χ1n) is 9.22. The van der Waals surface area contributed by atoms with Crippen LogP contribution in [0.1, 0.15) is 21.5 Å². The Morgan fingerprint density at radius 2 is 1.94 bits per heavy atom. The summed E-state index contributed by atoms with van der Waals surface area (Å²) in [5.41, 5.74) is 0.648. The summed E-state index contributed by atoms with van der Waals surface area (Å²) in [7, 11) is 2.97. The van der Waals surface area contributed by atoms with Crippen molar-refractivity contribution < 1.29 is 27.4 Å². The molecule has 3 aromatic rings. The van der Waals surface area contributed by atoms with Gasteiger partial charge in [0.2, 0.25) is 0 Å². The van der Waals surface area contributed by atoms with Crippen LogP contribution in [0.4, 0.5) is 18.3 Å². The highest BCUT2D eigenvalue weighted by atomic mass is 35.5. The number of carbonyl (C=O) groups is 1.